The van der Waals surface area contributed by atoms with Gasteiger partial charge in [-0.2, -0.15) is 5.26 Å². The van der Waals surface area contributed by atoms with Crippen molar-refractivity contribution in [1.29, 1.82) is 5.26 Å². The molecule has 0 fully saturated rings. The van der Waals surface area contributed by atoms with Crippen LogP contribution in [0, 0.1) is 17.1 Å². The third-order valence-corrected chi connectivity index (χ3v) is 3.09. The van der Waals surface area contributed by atoms with Gasteiger partial charge in [0.25, 0.3) is 5.91 Å². The van der Waals surface area contributed by atoms with Gasteiger partial charge in [0.1, 0.15) is 12.4 Å². The predicted octanol–water partition coefficient (Wildman–Crippen LogP) is 1.63. The molecule has 0 spiro atoms. The topological polar surface area (TPSA) is 81.4 Å². The van der Waals surface area contributed by atoms with E-state index in [0.29, 0.717) is 5.56 Å². The normalized spacial score (nSPS) is 18.4. The first-order chi connectivity index (χ1) is 9.47. The molecule has 5 nitrogen and oxygen atoms in total. The molecule has 1 N–H and O–H groups in total. The Morgan fingerprint density at radius 3 is 2.80 bits per heavy atom. The summed E-state index contributed by atoms with van der Waals surface area (Å²) < 4.78 is 13.3. The Bertz CT molecular complexity index is 661. The molecule has 1 aromatic rings. The molecule has 1 aliphatic rings. The maximum Gasteiger partial charge on any atom is 0.290 e. The lowest BCUT2D eigenvalue weighted by atomic mass is 9.97. The number of nitrogens with zero attached hydrogens (tertiary/aromatic N) is 2. The number of hydrogen-bond acceptors (Lipinski definition) is 4. The molecule has 1 aromatic carbocycles. The number of ketones is 1. The van der Waals surface area contributed by atoms with Gasteiger partial charge in [0, 0.05) is 0 Å². The van der Waals surface area contributed by atoms with Gasteiger partial charge < -0.3 is 10.0 Å². The Balaban J connectivity index is 2.58. The summed E-state index contributed by atoms with van der Waals surface area (Å²) in [5.41, 5.74) is 0.221. The van der Waals surface area contributed by atoms with Crippen molar-refractivity contribution < 1.29 is 19.1 Å². The molecular formula is C14H11FN2O3. The fourth-order valence-corrected chi connectivity index (χ4v) is 2.28. The number of benzene rings is 1. The van der Waals surface area contributed by atoms with E-state index in [9.17, 15) is 19.1 Å². The van der Waals surface area contributed by atoms with Crippen molar-refractivity contribution in [2.45, 2.75) is 13.0 Å². The molecule has 0 saturated carbocycles. The first-order valence-corrected chi connectivity index (χ1v) is 5.84. The molecule has 102 valence electrons. The van der Waals surface area contributed by atoms with Crippen molar-refractivity contribution in [3.05, 3.63) is 47.0 Å². The molecule has 1 atom stereocenters. The number of Topliss-reactive ketones (excluding diaryl/α,β-unsaturated/α-hetero) is 1. The van der Waals surface area contributed by atoms with E-state index in [1.54, 1.807) is 6.07 Å². The maximum atomic E-state index is 13.3. The van der Waals surface area contributed by atoms with Gasteiger partial charge >= 0.3 is 0 Å². The minimum atomic E-state index is -0.935. The van der Waals surface area contributed by atoms with Gasteiger partial charge in [0.2, 0.25) is 0 Å². The number of rotatable bonds is 3. The van der Waals surface area contributed by atoms with Crippen molar-refractivity contribution in [3.63, 3.8) is 0 Å². The van der Waals surface area contributed by atoms with Crippen molar-refractivity contribution in [3.8, 4) is 6.07 Å². The van der Waals surface area contributed by atoms with Gasteiger partial charge in [0.05, 0.1) is 17.7 Å². The first-order valence-electron chi connectivity index (χ1n) is 5.84. The lowest BCUT2D eigenvalue weighted by Crippen LogP contribution is -2.31. The Morgan fingerprint density at radius 1 is 1.55 bits per heavy atom. The zero-order valence-electron chi connectivity index (χ0n) is 10.6. The summed E-state index contributed by atoms with van der Waals surface area (Å²) in [7, 11) is 0. The van der Waals surface area contributed by atoms with Crippen LogP contribution in [0.4, 0.5) is 4.39 Å². The van der Waals surface area contributed by atoms with E-state index in [2.05, 4.69) is 0 Å². The fourth-order valence-electron chi connectivity index (χ4n) is 2.28. The van der Waals surface area contributed by atoms with E-state index in [-0.39, 0.29) is 12.1 Å². The third kappa shape index (κ3) is 2.14. The molecule has 1 amide bonds. The zero-order chi connectivity index (χ0) is 14.9. The molecule has 0 aliphatic carbocycles. The van der Waals surface area contributed by atoms with E-state index < -0.39 is 29.3 Å². The number of carbonyl (C=O) groups excluding carboxylic acids is 2. The lowest BCUT2D eigenvalue weighted by Gasteiger charge is -2.23. The largest absolute Gasteiger partial charge is 0.503 e. The number of amides is 1. The number of aliphatic hydroxyl groups excluding tert-OH is 1. The van der Waals surface area contributed by atoms with E-state index in [1.165, 1.54) is 31.2 Å². The number of hydrogen-bond donors (Lipinski definition) is 1. The number of aliphatic hydroxyl groups is 1. The van der Waals surface area contributed by atoms with Gasteiger partial charge in [0.15, 0.2) is 11.5 Å². The van der Waals surface area contributed by atoms with Crippen molar-refractivity contribution in [1.82, 2.24) is 4.90 Å². The van der Waals surface area contributed by atoms with Gasteiger partial charge in [-0.15, -0.1) is 0 Å². The second kappa shape index (κ2) is 5.13. The molecule has 6 heteroatoms. The minimum absolute atomic E-state index is 0.115. The van der Waals surface area contributed by atoms with Crippen molar-refractivity contribution in [2.75, 3.05) is 6.54 Å². The predicted molar refractivity (Wildman–Crippen MR) is 66.8 cm³/mol. The Hall–Kier alpha value is -2.68. The Kier molecular flexibility index (Phi) is 3.53. The van der Waals surface area contributed by atoms with E-state index in [0.717, 1.165) is 4.90 Å². The first kappa shape index (κ1) is 13.7. The molecule has 0 radical (unpaired) electrons. The van der Waals surface area contributed by atoms with Crippen LogP contribution >= 0.6 is 0 Å². The summed E-state index contributed by atoms with van der Waals surface area (Å²) >= 11 is 0. The molecular weight excluding hydrogens is 263 g/mol. The van der Waals surface area contributed by atoms with Crippen LogP contribution < -0.4 is 0 Å². The van der Waals surface area contributed by atoms with Crippen LogP contribution in [-0.4, -0.2) is 28.2 Å². The molecule has 0 saturated heterocycles. The number of halogens is 1. The summed E-state index contributed by atoms with van der Waals surface area (Å²) in [6.45, 7) is 0.905. The molecule has 20 heavy (non-hydrogen) atoms. The zero-order valence-corrected chi connectivity index (χ0v) is 10.6. The standard InChI is InChI=1S/C14H11FN2O3/c1-8(18)11-12(9-3-2-4-10(15)7-9)17(6-5-16)14(20)13(11)19/h2-4,7,12,19H,6H2,1H3. The fraction of sp³-hybridized carbons (Fsp3) is 0.214. The monoisotopic (exact) mass is 274 g/mol. The quantitative estimate of drug-likeness (QED) is 0.849. The average molecular weight is 274 g/mol. The molecule has 2 rings (SSSR count). The highest BCUT2D eigenvalue weighted by Gasteiger charge is 2.42. The Labute approximate surface area is 114 Å². The van der Waals surface area contributed by atoms with E-state index in [4.69, 9.17) is 5.26 Å². The Morgan fingerprint density at radius 2 is 2.25 bits per heavy atom. The van der Waals surface area contributed by atoms with Crippen LogP contribution in [0.2, 0.25) is 0 Å². The second-order valence-corrected chi connectivity index (χ2v) is 4.37. The summed E-state index contributed by atoms with van der Waals surface area (Å²) in [5.74, 6) is -2.50. The summed E-state index contributed by atoms with van der Waals surface area (Å²) in [6, 6.07) is 6.23. The molecule has 1 heterocycles. The smallest absolute Gasteiger partial charge is 0.290 e. The highest BCUT2D eigenvalue weighted by atomic mass is 19.1. The minimum Gasteiger partial charge on any atom is -0.503 e. The number of carbonyl (C=O) groups is 2. The molecule has 0 bridgehead atoms. The highest BCUT2D eigenvalue weighted by Crippen LogP contribution is 2.37. The van der Waals surface area contributed by atoms with Crippen LogP contribution in [-0.2, 0) is 9.59 Å². The number of nitriles is 1. The van der Waals surface area contributed by atoms with Crippen LogP contribution in [0.5, 0.6) is 0 Å². The second-order valence-electron chi connectivity index (χ2n) is 4.37. The third-order valence-electron chi connectivity index (χ3n) is 3.09. The molecule has 1 aliphatic heterocycles. The summed E-state index contributed by atoms with van der Waals surface area (Å²) in [6.07, 6.45) is 0. The van der Waals surface area contributed by atoms with Crippen LogP contribution in [0.3, 0.4) is 0 Å². The van der Waals surface area contributed by atoms with Gasteiger partial charge in [-0.05, 0) is 24.6 Å². The lowest BCUT2D eigenvalue weighted by molar-refractivity contribution is -0.128. The van der Waals surface area contributed by atoms with Crippen LogP contribution in [0.15, 0.2) is 35.6 Å². The average Bonchev–Trinajstić information content (AvgIpc) is 2.64. The van der Waals surface area contributed by atoms with Crippen molar-refractivity contribution in [2.24, 2.45) is 0 Å². The SMILES string of the molecule is CC(=O)C1=C(O)C(=O)N(CC#N)C1c1cccc(F)c1. The van der Waals surface area contributed by atoms with Crippen LogP contribution in [0.25, 0.3) is 0 Å². The van der Waals surface area contributed by atoms with E-state index >= 15 is 0 Å². The van der Waals surface area contributed by atoms with E-state index in [1.807, 2.05) is 0 Å². The highest BCUT2D eigenvalue weighted by molar-refractivity contribution is 6.08. The molecule has 1 unspecified atom stereocenters. The molecule has 0 aromatic heterocycles. The maximum absolute atomic E-state index is 13.3. The van der Waals surface area contributed by atoms with Crippen LogP contribution in [0.1, 0.15) is 18.5 Å². The van der Waals surface area contributed by atoms with Gasteiger partial charge in [-0.1, -0.05) is 12.1 Å². The summed E-state index contributed by atoms with van der Waals surface area (Å²) in [4.78, 5) is 24.6. The van der Waals surface area contributed by atoms with Gasteiger partial charge in [-0.25, -0.2) is 4.39 Å². The summed E-state index contributed by atoms with van der Waals surface area (Å²) in [5, 5.41) is 18.6. The van der Waals surface area contributed by atoms with Crippen molar-refractivity contribution >= 4 is 11.7 Å². The van der Waals surface area contributed by atoms with Gasteiger partial charge in [-0.3, -0.25) is 9.59 Å².